The molecule has 0 aromatic heterocycles. The maximum absolute atomic E-state index is 3.71. The largest absolute Gasteiger partial charge is 0.0570 e. The molecule has 1 aliphatic carbocycles. The zero-order chi connectivity index (χ0) is 32.6. The number of rotatable bonds is 2. The Labute approximate surface area is 284 Å². The lowest BCUT2D eigenvalue weighted by molar-refractivity contribution is 0.524. The molecular formula is C42H50Br2. The summed E-state index contributed by atoms with van der Waals surface area (Å²) in [6.07, 6.45) is 0. The predicted octanol–water partition coefficient (Wildman–Crippen LogP) is 13.1. The van der Waals surface area contributed by atoms with Crippen molar-refractivity contribution in [2.45, 2.75) is 117 Å². The van der Waals surface area contributed by atoms with Gasteiger partial charge in [-0.1, -0.05) is 163 Å². The maximum atomic E-state index is 3.71. The van der Waals surface area contributed by atoms with Gasteiger partial charge in [0.25, 0.3) is 0 Å². The van der Waals surface area contributed by atoms with Crippen LogP contribution in [0.3, 0.4) is 0 Å². The number of fused-ring (bicyclic) bond motifs is 2. The standard InChI is InChI=1S/C42H50Br2/c1-39(2,3)33-21-29-30(22-34(33)40(4,5)6)38(26-15-19-28(44)20-16-26)32-24-36(42(10,11)12)35(41(7,8)9)23-31(32)37(29)25-13-17-27(43)18-14-25/h13-24,37-38H,1-12H3. The van der Waals surface area contributed by atoms with Crippen LogP contribution >= 0.6 is 31.9 Å². The number of benzene rings is 4. The van der Waals surface area contributed by atoms with Crippen molar-refractivity contribution in [3.8, 4) is 0 Å². The summed E-state index contributed by atoms with van der Waals surface area (Å²) in [6.45, 7) is 28.4. The maximum Gasteiger partial charge on any atom is 0.0346 e. The minimum absolute atomic E-state index is 0.0158. The second kappa shape index (κ2) is 11.3. The highest BCUT2D eigenvalue weighted by atomic mass is 79.9. The minimum Gasteiger partial charge on any atom is -0.0570 e. The highest BCUT2D eigenvalue weighted by Crippen LogP contribution is 2.53. The van der Waals surface area contributed by atoms with Gasteiger partial charge in [0.1, 0.15) is 0 Å². The van der Waals surface area contributed by atoms with Crippen LogP contribution in [0.5, 0.6) is 0 Å². The molecule has 0 nitrogen and oxygen atoms in total. The van der Waals surface area contributed by atoms with Crippen LogP contribution in [0.15, 0.2) is 81.7 Å². The molecule has 4 aromatic rings. The molecule has 1 aliphatic rings. The molecule has 2 heteroatoms. The molecule has 0 atom stereocenters. The number of hydrogen-bond donors (Lipinski definition) is 0. The van der Waals surface area contributed by atoms with Gasteiger partial charge in [-0.05, 0) is 102 Å². The van der Waals surface area contributed by atoms with Gasteiger partial charge in [-0.3, -0.25) is 0 Å². The van der Waals surface area contributed by atoms with Crippen molar-refractivity contribution in [1.29, 1.82) is 0 Å². The average Bonchev–Trinajstić information content (AvgIpc) is 2.89. The van der Waals surface area contributed by atoms with E-state index in [-0.39, 0.29) is 33.5 Å². The molecule has 4 aromatic carbocycles. The van der Waals surface area contributed by atoms with Gasteiger partial charge in [0.05, 0.1) is 0 Å². The molecule has 0 radical (unpaired) electrons. The van der Waals surface area contributed by atoms with Gasteiger partial charge >= 0.3 is 0 Å². The summed E-state index contributed by atoms with van der Waals surface area (Å²) in [5, 5.41) is 0. The van der Waals surface area contributed by atoms with E-state index < -0.39 is 0 Å². The summed E-state index contributed by atoms with van der Waals surface area (Å²) in [4.78, 5) is 0. The minimum atomic E-state index is 0.0158. The van der Waals surface area contributed by atoms with E-state index in [0.717, 1.165) is 8.95 Å². The zero-order valence-corrected chi connectivity index (χ0v) is 32.0. The number of hydrogen-bond acceptors (Lipinski definition) is 0. The highest BCUT2D eigenvalue weighted by Gasteiger charge is 2.39. The van der Waals surface area contributed by atoms with Crippen LogP contribution in [-0.4, -0.2) is 0 Å². The normalized spacial score (nSPS) is 17.3. The second-order valence-electron chi connectivity index (χ2n) is 17.0. The molecule has 0 spiro atoms. The van der Waals surface area contributed by atoms with Crippen LogP contribution < -0.4 is 0 Å². The Bertz CT molecular complexity index is 1470. The number of halogens is 2. The van der Waals surface area contributed by atoms with Crippen LogP contribution in [0.4, 0.5) is 0 Å². The van der Waals surface area contributed by atoms with Crippen LogP contribution in [0, 0.1) is 0 Å². The molecule has 0 saturated carbocycles. The molecule has 0 bridgehead atoms. The fourth-order valence-corrected chi connectivity index (χ4v) is 7.64. The van der Waals surface area contributed by atoms with Crippen molar-refractivity contribution in [2.24, 2.45) is 0 Å². The van der Waals surface area contributed by atoms with Gasteiger partial charge < -0.3 is 0 Å². The van der Waals surface area contributed by atoms with Crippen molar-refractivity contribution in [1.82, 2.24) is 0 Å². The van der Waals surface area contributed by atoms with Crippen LogP contribution in [-0.2, 0) is 21.7 Å². The molecule has 0 heterocycles. The Morgan fingerprint density at radius 2 is 0.568 bits per heavy atom. The van der Waals surface area contributed by atoms with E-state index in [1.54, 1.807) is 0 Å². The Morgan fingerprint density at radius 3 is 0.750 bits per heavy atom. The molecule has 0 aliphatic heterocycles. The zero-order valence-electron chi connectivity index (χ0n) is 28.8. The quantitative estimate of drug-likeness (QED) is 0.171. The first-order valence-corrected chi connectivity index (χ1v) is 17.6. The smallest absolute Gasteiger partial charge is 0.0346 e. The molecule has 0 saturated heterocycles. The van der Waals surface area contributed by atoms with Crippen molar-refractivity contribution in [3.05, 3.63) is 137 Å². The van der Waals surface area contributed by atoms with Crippen molar-refractivity contribution < 1.29 is 0 Å². The van der Waals surface area contributed by atoms with Crippen LogP contribution in [0.1, 0.15) is 151 Å². The summed E-state index contributed by atoms with van der Waals surface area (Å²) in [5.74, 6) is 0.287. The van der Waals surface area contributed by atoms with E-state index in [1.807, 2.05) is 0 Å². The van der Waals surface area contributed by atoms with Gasteiger partial charge in [0.15, 0.2) is 0 Å². The third-order valence-corrected chi connectivity index (χ3v) is 10.4. The van der Waals surface area contributed by atoms with E-state index in [1.165, 1.54) is 55.6 Å². The lowest BCUT2D eigenvalue weighted by Crippen LogP contribution is -2.29. The lowest BCUT2D eigenvalue weighted by atomic mass is 9.62. The fourth-order valence-electron chi connectivity index (χ4n) is 7.11. The van der Waals surface area contributed by atoms with E-state index in [9.17, 15) is 0 Å². The van der Waals surface area contributed by atoms with Gasteiger partial charge in [-0.25, -0.2) is 0 Å². The lowest BCUT2D eigenvalue weighted by Gasteiger charge is -2.41. The first-order valence-electron chi connectivity index (χ1n) is 16.1. The SMILES string of the molecule is CC(C)(C)c1cc2c(cc1C(C)(C)C)C(c1ccc(Br)cc1)c1cc(C(C)(C)C)c(C(C)(C)C)cc1C2c1ccc(Br)cc1. The van der Waals surface area contributed by atoms with Crippen molar-refractivity contribution in [3.63, 3.8) is 0 Å². The molecular weight excluding hydrogens is 664 g/mol. The summed E-state index contributed by atoms with van der Waals surface area (Å²) in [5.41, 5.74) is 14.3. The third kappa shape index (κ3) is 6.28. The van der Waals surface area contributed by atoms with Gasteiger partial charge in [0.2, 0.25) is 0 Å². The molecule has 0 N–H and O–H groups in total. The van der Waals surface area contributed by atoms with Crippen molar-refractivity contribution in [2.75, 3.05) is 0 Å². The first kappa shape index (κ1) is 33.2. The Morgan fingerprint density at radius 1 is 0.364 bits per heavy atom. The summed E-state index contributed by atoms with van der Waals surface area (Å²) < 4.78 is 2.23. The molecule has 0 amide bonds. The average molecular weight is 715 g/mol. The fraction of sp³-hybridized carbons (Fsp3) is 0.429. The van der Waals surface area contributed by atoms with Gasteiger partial charge in [0, 0.05) is 20.8 Å². The van der Waals surface area contributed by atoms with E-state index >= 15 is 0 Å². The Kier molecular flexibility index (Phi) is 8.51. The summed E-state index contributed by atoms with van der Waals surface area (Å²) in [7, 11) is 0. The van der Waals surface area contributed by atoms with Crippen LogP contribution in [0.25, 0.3) is 0 Å². The highest BCUT2D eigenvalue weighted by molar-refractivity contribution is 9.10. The summed E-state index contributed by atoms with van der Waals surface area (Å²) in [6, 6.07) is 28.5. The molecule has 232 valence electrons. The molecule has 0 unspecified atom stereocenters. The van der Waals surface area contributed by atoms with Gasteiger partial charge in [-0.2, -0.15) is 0 Å². The summed E-state index contributed by atoms with van der Waals surface area (Å²) >= 11 is 7.43. The topological polar surface area (TPSA) is 0 Å². The third-order valence-electron chi connectivity index (χ3n) is 9.33. The van der Waals surface area contributed by atoms with E-state index in [0.29, 0.717) is 0 Å². The van der Waals surface area contributed by atoms with Crippen LogP contribution in [0.2, 0.25) is 0 Å². The predicted molar refractivity (Wildman–Crippen MR) is 198 cm³/mol. The second-order valence-corrected chi connectivity index (χ2v) is 18.9. The Balaban J connectivity index is 2.00. The first-order chi connectivity index (χ1) is 20.2. The molecule has 44 heavy (non-hydrogen) atoms. The van der Waals surface area contributed by atoms with Crippen molar-refractivity contribution >= 4 is 31.9 Å². The Hall–Kier alpha value is -2.16. The molecule has 0 fully saturated rings. The van der Waals surface area contributed by atoms with E-state index in [4.69, 9.17) is 0 Å². The molecule has 5 rings (SSSR count). The monoisotopic (exact) mass is 712 g/mol. The van der Waals surface area contributed by atoms with E-state index in [2.05, 4.69) is 188 Å². The van der Waals surface area contributed by atoms with Gasteiger partial charge in [-0.15, -0.1) is 0 Å².